The summed E-state index contributed by atoms with van der Waals surface area (Å²) in [7, 11) is 0. The van der Waals surface area contributed by atoms with Crippen LogP contribution in [0.4, 0.5) is 5.69 Å². The predicted molar refractivity (Wildman–Crippen MR) is 58.8 cm³/mol. The highest BCUT2D eigenvalue weighted by molar-refractivity contribution is 5.95. The van der Waals surface area contributed by atoms with Gasteiger partial charge in [-0.15, -0.1) is 0 Å². The van der Waals surface area contributed by atoms with E-state index < -0.39 is 0 Å². The molecular formula is C12H15NO2. The van der Waals surface area contributed by atoms with Crippen LogP contribution in [-0.2, 0) is 4.74 Å². The van der Waals surface area contributed by atoms with Gasteiger partial charge in [0.1, 0.15) is 0 Å². The topological polar surface area (TPSA) is 52.3 Å². The van der Waals surface area contributed by atoms with Gasteiger partial charge in [0, 0.05) is 5.69 Å². The van der Waals surface area contributed by atoms with Crippen LogP contribution in [0, 0.1) is 0 Å². The lowest BCUT2D eigenvalue weighted by atomic mass is 10.1. The van der Waals surface area contributed by atoms with E-state index in [1.807, 2.05) is 12.1 Å². The third-order valence-corrected chi connectivity index (χ3v) is 2.62. The lowest BCUT2D eigenvalue weighted by Gasteiger charge is -2.07. The number of nitrogen functional groups attached to an aromatic ring is 1. The molecule has 0 aromatic heterocycles. The van der Waals surface area contributed by atoms with Crippen LogP contribution in [-0.4, -0.2) is 12.6 Å². The number of nitrogens with two attached hydrogens (primary N) is 1. The molecular weight excluding hydrogens is 190 g/mol. The number of rotatable bonds is 3. The molecule has 0 radical (unpaired) electrons. The van der Waals surface area contributed by atoms with Gasteiger partial charge in [0.15, 0.2) is 0 Å². The molecule has 80 valence electrons. The molecule has 1 fully saturated rings. The van der Waals surface area contributed by atoms with E-state index in [2.05, 4.69) is 0 Å². The first-order chi connectivity index (χ1) is 7.22. The van der Waals surface area contributed by atoms with Gasteiger partial charge in [-0.25, -0.2) is 4.79 Å². The number of carbonyl (C=O) groups excluding carboxylic acids is 1. The van der Waals surface area contributed by atoms with Crippen LogP contribution in [0.1, 0.15) is 41.6 Å². The maximum atomic E-state index is 11.6. The molecule has 0 saturated heterocycles. The monoisotopic (exact) mass is 205 g/mol. The molecule has 0 atom stereocenters. The van der Waals surface area contributed by atoms with Crippen LogP contribution in [0.25, 0.3) is 0 Å². The summed E-state index contributed by atoms with van der Waals surface area (Å²) in [4.78, 5) is 11.6. The molecule has 3 heteroatoms. The van der Waals surface area contributed by atoms with Gasteiger partial charge in [0.25, 0.3) is 0 Å². The minimum Gasteiger partial charge on any atom is -0.462 e. The summed E-state index contributed by atoms with van der Waals surface area (Å²) in [6.45, 7) is 2.17. The molecule has 1 saturated carbocycles. The van der Waals surface area contributed by atoms with E-state index >= 15 is 0 Å². The average Bonchev–Trinajstić information content (AvgIpc) is 3.02. The number of anilines is 1. The van der Waals surface area contributed by atoms with Crippen LogP contribution in [0.15, 0.2) is 18.2 Å². The Morgan fingerprint density at radius 2 is 2.27 bits per heavy atom. The van der Waals surface area contributed by atoms with Crippen molar-refractivity contribution in [2.24, 2.45) is 0 Å². The highest BCUT2D eigenvalue weighted by Crippen LogP contribution is 2.40. The summed E-state index contributed by atoms with van der Waals surface area (Å²) < 4.78 is 4.94. The first-order valence-electron chi connectivity index (χ1n) is 5.29. The summed E-state index contributed by atoms with van der Waals surface area (Å²) >= 11 is 0. The van der Waals surface area contributed by atoms with Crippen molar-refractivity contribution < 1.29 is 9.53 Å². The smallest absolute Gasteiger partial charge is 0.340 e. The standard InChI is InChI=1S/C12H15NO2/c1-2-15-12(14)10-7-9(8-3-4-8)5-6-11(10)13/h5-8H,2-4,13H2,1H3. The van der Waals surface area contributed by atoms with E-state index in [0.717, 1.165) is 0 Å². The Hall–Kier alpha value is -1.51. The summed E-state index contributed by atoms with van der Waals surface area (Å²) in [5.74, 6) is 0.302. The molecule has 1 aliphatic carbocycles. The zero-order valence-corrected chi connectivity index (χ0v) is 8.82. The van der Waals surface area contributed by atoms with Gasteiger partial charge in [-0.05, 0) is 43.4 Å². The van der Waals surface area contributed by atoms with Crippen molar-refractivity contribution in [3.8, 4) is 0 Å². The molecule has 0 heterocycles. The summed E-state index contributed by atoms with van der Waals surface area (Å²) in [5.41, 5.74) is 7.94. The number of esters is 1. The van der Waals surface area contributed by atoms with Gasteiger partial charge in [0.2, 0.25) is 0 Å². The number of benzene rings is 1. The SMILES string of the molecule is CCOC(=O)c1cc(C2CC2)ccc1N. The third-order valence-electron chi connectivity index (χ3n) is 2.62. The normalized spacial score (nSPS) is 15.0. The molecule has 1 aromatic carbocycles. The van der Waals surface area contributed by atoms with Crippen molar-refractivity contribution >= 4 is 11.7 Å². The van der Waals surface area contributed by atoms with E-state index in [0.29, 0.717) is 23.8 Å². The summed E-state index contributed by atoms with van der Waals surface area (Å²) in [6.07, 6.45) is 2.43. The van der Waals surface area contributed by atoms with E-state index in [-0.39, 0.29) is 5.97 Å². The van der Waals surface area contributed by atoms with Gasteiger partial charge in [-0.3, -0.25) is 0 Å². The highest BCUT2D eigenvalue weighted by Gasteiger charge is 2.25. The Kier molecular flexibility index (Phi) is 2.62. The molecule has 1 aromatic rings. The predicted octanol–water partition coefficient (Wildman–Crippen LogP) is 2.32. The molecule has 0 amide bonds. The summed E-state index contributed by atoms with van der Waals surface area (Å²) in [6, 6.07) is 5.65. The molecule has 0 aliphatic heterocycles. The van der Waals surface area contributed by atoms with Crippen LogP contribution in [0.5, 0.6) is 0 Å². The summed E-state index contributed by atoms with van der Waals surface area (Å²) in [5, 5.41) is 0. The minimum absolute atomic E-state index is 0.322. The van der Waals surface area contributed by atoms with E-state index in [4.69, 9.17) is 10.5 Å². The Balaban J connectivity index is 2.27. The van der Waals surface area contributed by atoms with Gasteiger partial charge >= 0.3 is 5.97 Å². The van der Waals surface area contributed by atoms with E-state index in [1.165, 1.54) is 18.4 Å². The van der Waals surface area contributed by atoms with Crippen LogP contribution in [0.2, 0.25) is 0 Å². The molecule has 2 N–H and O–H groups in total. The van der Waals surface area contributed by atoms with E-state index in [1.54, 1.807) is 13.0 Å². The van der Waals surface area contributed by atoms with Crippen molar-refractivity contribution in [3.63, 3.8) is 0 Å². The van der Waals surface area contributed by atoms with Crippen molar-refractivity contribution in [2.45, 2.75) is 25.7 Å². The molecule has 2 rings (SSSR count). The number of ether oxygens (including phenoxy) is 1. The zero-order chi connectivity index (χ0) is 10.8. The largest absolute Gasteiger partial charge is 0.462 e. The minimum atomic E-state index is -0.322. The number of carbonyl (C=O) groups is 1. The Morgan fingerprint density at radius 1 is 1.53 bits per heavy atom. The number of hydrogen-bond acceptors (Lipinski definition) is 3. The third kappa shape index (κ3) is 2.12. The zero-order valence-electron chi connectivity index (χ0n) is 8.82. The van der Waals surface area contributed by atoms with E-state index in [9.17, 15) is 4.79 Å². The van der Waals surface area contributed by atoms with Gasteiger partial charge in [0.05, 0.1) is 12.2 Å². The first-order valence-corrected chi connectivity index (χ1v) is 5.29. The molecule has 3 nitrogen and oxygen atoms in total. The number of hydrogen-bond donors (Lipinski definition) is 1. The second-order valence-corrected chi connectivity index (χ2v) is 3.84. The Bertz CT molecular complexity index is 383. The van der Waals surface area contributed by atoms with Crippen molar-refractivity contribution in [3.05, 3.63) is 29.3 Å². The molecule has 15 heavy (non-hydrogen) atoms. The molecule has 0 unspecified atom stereocenters. The molecule has 0 spiro atoms. The van der Waals surface area contributed by atoms with Crippen molar-refractivity contribution in [2.75, 3.05) is 12.3 Å². The van der Waals surface area contributed by atoms with Crippen molar-refractivity contribution in [1.82, 2.24) is 0 Å². The fourth-order valence-electron chi connectivity index (χ4n) is 1.63. The second kappa shape index (κ2) is 3.93. The quantitative estimate of drug-likeness (QED) is 0.608. The highest BCUT2D eigenvalue weighted by atomic mass is 16.5. The second-order valence-electron chi connectivity index (χ2n) is 3.84. The maximum absolute atomic E-state index is 11.6. The van der Waals surface area contributed by atoms with Gasteiger partial charge in [-0.2, -0.15) is 0 Å². The van der Waals surface area contributed by atoms with Crippen molar-refractivity contribution in [1.29, 1.82) is 0 Å². The van der Waals surface area contributed by atoms with Crippen LogP contribution >= 0.6 is 0 Å². The molecule has 0 bridgehead atoms. The lowest BCUT2D eigenvalue weighted by Crippen LogP contribution is -2.08. The molecule has 1 aliphatic rings. The average molecular weight is 205 g/mol. The van der Waals surface area contributed by atoms with Crippen LogP contribution in [0.3, 0.4) is 0 Å². The fraction of sp³-hybridized carbons (Fsp3) is 0.417. The maximum Gasteiger partial charge on any atom is 0.340 e. The first kappa shape index (κ1) is 10.0. The van der Waals surface area contributed by atoms with Gasteiger partial charge < -0.3 is 10.5 Å². The Labute approximate surface area is 89.2 Å². The van der Waals surface area contributed by atoms with Crippen LogP contribution < -0.4 is 5.73 Å². The Morgan fingerprint density at radius 3 is 2.87 bits per heavy atom. The fourth-order valence-corrected chi connectivity index (χ4v) is 1.63. The lowest BCUT2D eigenvalue weighted by molar-refractivity contribution is 0.0527. The van der Waals surface area contributed by atoms with Gasteiger partial charge in [-0.1, -0.05) is 6.07 Å².